The number of carbonyl (C=O) groups excluding carboxylic acids is 2. The molecule has 1 aromatic rings. The largest absolute Gasteiger partial charge is 0.326 e. The van der Waals surface area contributed by atoms with Crippen molar-refractivity contribution >= 4 is 35.6 Å². The van der Waals surface area contributed by atoms with Crippen LogP contribution in [0.1, 0.15) is 37.7 Å². The topological polar surface area (TPSA) is 70.2 Å². The van der Waals surface area contributed by atoms with E-state index in [1.54, 1.807) is 0 Å². The van der Waals surface area contributed by atoms with Gasteiger partial charge in [-0.1, -0.05) is 6.07 Å². The Hall–Kier alpha value is -1.59. The summed E-state index contributed by atoms with van der Waals surface area (Å²) in [6.07, 6.45) is 4.60. The molecule has 3 rings (SSSR count). The van der Waals surface area contributed by atoms with Gasteiger partial charge in [-0.15, -0.1) is 12.4 Å². The third-order valence-corrected chi connectivity index (χ3v) is 4.67. The Morgan fingerprint density at radius 3 is 2.67 bits per heavy atom. The predicted molar refractivity (Wildman–Crippen MR) is 98.6 cm³/mol. The average Bonchev–Trinajstić information content (AvgIpc) is 3.25. The van der Waals surface area contributed by atoms with Gasteiger partial charge in [-0.25, -0.2) is 0 Å². The molecular weight excluding hydrogens is 326 g/mol. The van der Waals surface area contributed by atoms with E-state index >= 15 is 0 Å². The summed E-state index contributed by atoms with van der Waals surface area (Å²) in [6, 6.07) is 5.67. The lowest BCUT2D eigenvalue weighted by molar-refractivity contribution is -0.117. The number of rotatable bonds is 6. The van der Waals surface area contributed by atoms with Crippen molar-refractivity contribution in [2.45, 2.75) is 39.0 Å². The van der Waals surface area contributed by atoms with E-state index in [1.807, 2.05) is 25.1 Å². The highest BCUT2D eigenvalue weighted by Gasteiger charge is 2.29. The van der Waals surface area contributed by atoms with Crippen molar-refractivity contribution in [1.82, 2.24) is 5.32 Å². The van der Waals surface area contributed by atoms with E-state index in [4.69, 9.17) is 0 Å². The van der Waals surface area contributed by atoms with Gasteiger partial charge in [0.15, 0.2) is 0 Å². The van der Waals surface area contributed by atoms with Crippen molar-refractivity contribution in [2.75, 3.05) is 23.7 Å². The minimum atomic E-state index is 0. The molecule has 6 heteroatoms. The molecule has 0 bridgehead atoms. The standard InChI is InChI=1S/C18H25N3O2.ClH/c1-12-2-6-15(20-18(23)14-4-5-14)10-16(12)21-17(22)7-3-13-8-9-19-11-13;/h2,6,10,13-14,19H,3-5,7-9,11H2,1H3,(H,20,23)(H,21,22);1H. The molecule has 1 unspecified atom stereocenters. The summed E-state index contributed by atoms with van der Waals surface area (Å²) in [7, 11) is 0. The molecule has 1 saturated heterocycles. The van der Waals surface area contributed by atoms with Gasteiger partial charge in [-0.3, -0.25) is 9.59 Å². The number of aryl methyl sites for hydroxylation is 1. The Labute approximate surface area is 149 Å². The zero-order chi connectivity index (χ0) is 16.2. The number of anilines is 2. The molecule has 1 aliphatic heterocycles. The first kappa shape index (κ1) is 18.7. The van der Waals surface area contributed by atoms with Crippen LogP contribution < -0.4 is 16.0 Å². The Bertz CT molecular complexity index is 596. The number of nitrogens with one attached hydrogen (secondary N) is 3. The van der Waals surface area contributed by atoms with E-state index in [0.717, 1.165) is 55.7 Å². The minimum Gasteiger partial charge on any atom is -0.326 e. The zero-order valence-electron chi connectivity index (χ0n) is 14.1. The summed E-state index contributed by atoms with van der Waals surface area (Å²) in [5, 5.41) is 9.23. The van der Waals surface area contributed by atoms with Gasteiger partial charge in [-0.05, 0) is 69.3 Å². The second-order valence-electron chi connectivity index (χ2n) is 6.74. The maximum absolute atomic E-state index is 12.2. The van der Waals surface area contributed by atoms with Crippen LogP contribution in [0, 0.1) is 18.8 Å². The normalized spacial score (nSPS) is 19.5. The van der Waals surface area contributed by atoms with Gasteiger partial charge in [0.1, 0.15) is 0 Å². The quantitative estimate of drug-likeness (QED) is 0.737. The lowest BCUT2D eigenvalue weighted by Gasteiger charge is -2.12. The van der Waals surface area contributed by atoms with Crippen molar-refractivity contribution in [3.05, 3.63) is 23.8 Å². The van der Waals surface area contributed by atoms with Gasteiger partial charge in [0.05, 0.1) is 0 Å². The molecule has 5 nitrogen and oxygen atoms in total. The SMILES string of the molecule is Cc1ccc(NC(=O)C2CC2)cc1NC(=O)CCC1CCNC1.Cl. The number of benzene rings is 1. The van der Waals surface area contributed by atoms with Crippen molar-refractivity contribution in [3.8, 4) is 0 Å². The maximum atomic E-state index is 12.2. The summed E-state index contributed by atoms with van der Waals surface area (Å²) >= 11 is 0. The van der Waals surface area contributed by atoms with E-state index in [2.05, 4.69) is 16.0 Å². The van der Waals surface area contributed by atoms with Crippen molar-refractivity contribution in [2.24, 2.45) is 11.8 Å². The van der Waals surface area contributed by atoms with Crippen LogP contribution in [0.15, 0.2) is 18.2 Å². The highest BCUT2D eigenvalue weighted by Crippen LogP contribution is 2.31. The van der Waals surface area contributed by atoms with Gasteiger partial charge in [0.25, 0.3) is 0 Å². The van der Waals surface area contributed by atoms with Gasteiger partial charge in [0, 0.05) is 23.7 Å². The van der Waals surface area contributed by atoms with Crippen LogP contribution in [0.25, 0.3) is 0 Å². The fourth-order valence-corrected chi connectivity index (χ4v) is 2.93. The third-order valence-electron chi connectivity index (χ3n) is 4.67. The van der Waals surface area contributed by atoms with E-state index in [1.165, 1.54) is 0 Å². The Kier molecular flexibility index (Phi) is 6.63. The third kappa shape index (κ3) is 5.21. The van der Waals surface area contributed by atoms with Gasteiger partial charge in [0.2, 0.25) is 11.8 Å². The first-order valence-electron chi connectivity index (χ1n) is 8.54. The molecule has 3 N–H and O–H groups in total. The monoisotopic (exact) mass is 351 g/mol. The van der Waals surface area contributed by atoms with Gasteiger partial charge < -0.3 is 16.0 Å². The summed E-state index contributed by atoms with van der Waals surface area (Å²) in [6.45, 7) is 4.05. The second kappa shape index (κ2) is 8.49. The second-order valence-corrected chi connectivity index (χ2v) is 6.74. The van der Waals surface area contributed by atoms with Gasteiger partial charge >= 0.3 is 0 Å². The minimum absolute atomic E-state index is 0. The smallest absolute Gasteiger partial charge is 0.227 e. The van der Waals surface area contributed by atoms with Crippen molar-refractivity contribution in [1.29, 1.82) is 0 Å². The predicted octanol–water partition coefficient (Wildman–Crippen LogP) is 3.09. The molecular formula is C18H26ClN3O2. The van der Waals surface area contributed by atoms with Crippen LogP contribution in [-0.2, 0) is 9.59 Å². The molecule has 132 valence electrons. The Balaban J connectivity index is 0.00000208. The van der Waals surface area contributed by atoms with Crippen LogP contribution in [0.3, 0.4) is 0 Å². The molecule has 0 spiro atoms. The molecule has 1 aliphatic carbocycles. The van der Waals surface area contributed by atoms with Crippen molar-refractivity contribution in [3.63, 3.8) is 0 Å². The zero-order valence-corrected chi connectivity index (χ0v) is 14.9. The van der Waals surface area contributed by atoms with E-state index in [-0.39, 0.29) is 30.1 Å². The molecule has 0 aromatic heterocycles. The molecule has 24 heavy (non-hydrogen) atoms. The maximum Gasteiger partial charge on any atom is 0.227 e. The number of amides is 2. The van der Waals surface area contributed by atoms with E-state index < -0.39 is 0 Å². The molecule has 2 fully saturated rings. The van der Waals surface area contributed by atoms with Crippen molar-refractivity contribution < 1.29 is 9.59 Å². The molecule has 1 aromatic carbocycles. The number of hydrogen-bond donors (Lipinski definition) is 3. The van der Waals surface area contributed by atoms with E-state index in [9.17, 15) is 9.59 Å². The number of hydrogen-bond acceptors (Lipinski definition) is 3. The first-order valence-corrected chi connectivity index (χ1v) is 8.54. The molecule has 2 aliphatic rings. The van der Waals surface area contributed by atoms with E-state index in [0.29, 0.717) is 12.3 Å². The lowest BCUT2D eigenvalue weighted by Crippen LogP contribution is -2.16. The molecule has 1 heterocycles. The molecule has 2 amide bonds. The van der Waals surface area contributed by atoms with Crippen LogP contribution in [-0.4, -0.2) is 24.9 Å². The van der Waals surface area contributed by atoms with Crippen LogP contribution in [0.5, 0.6) is 0 Å². The van der Waals surface area contributed by atoms with Crippen LogP contribution in [0.4, 0.5) is 11.4 Å². The first-order chi connectivity index (χ1) is 11.1. The lowest BCUT2D eigenvalue weighted by atomic mass is 10.0. The molecule has 0 radical (unpaired) electrons. The van der Waals surface area contributed by atoms with Gasteiger partial charge in [-0.2, -0.15) is 0 Å². The molecule has 1 atom stereocenters. The Morgan fingerprint density at radius 1 is 1.21 bits per heavy atom. The number of carbonyl (C=O) groups is 2. The fraction of sp³-hybridized carbons (Fsp3) is 0.556. The Morgan fingerprint density at radius 2 is 2.00 bits per heavy atom. The molecule has 1 saturated carbocycles. The van der Waals surface area contributed by atoms with Crippen LogP contribution in [0.2, 0.25) is 0 Å². The summed E-state index contributed by atoms with van der Waals surface area (Å²) in [5.74, 6) is 0.922. The fourth-order valence-electron chi connectivity index (χ4n) is 2.93. The summed E-state index contributed by atoms with van der Waals surface area (Å²) < 4.78 is 0. The average molecular weight is 352 g/mol. The highest BCUT2D eigenvalue weighted by atomic mass is 35.5. The van der Waals surface area contributed by atoms with Crippen LogP contribution >= 0.6 is 12.4 Å². The summed E-state index contributed by atoms with van der Waals surface area (Å²) in [5.41, 5.74) is 2.54. The number of halogens is 1. The highest BCUT2D eigenvalue weighted by molar-refractivity contribution is 5.96. The summed E-state index contributed by atoms with van der Waals surface area (Å²) in [4.78, 5) is 24.0.